The second kappa shape index (κ2) is 3.92. The van der Waals surface area contributed by atoms with E-state index in [1.807, 2.05) is 18.5 Å². The van der Waals surface area contributed by atoms with Crippen molar-refractivity contribution in [3.63, 3.8) is 0 Å². The molecular formula is C10H19N3. The minimum absolute atomic E-state index is 0.0650. The Balaban J connectivity index is 3.04. The van der Waals surface area contributed by atoms with Gasteiger partial charge >= 0.3 is 0 Å². The molecule has 1 unspecified atom stereocenters. The third kappa shape index (κ3) is 2.10. The lowest BCUT2D eigenvalue weighted by atomic mass is 10.2. The molecule has 1 rings (SSSR count). The fraction of sp³-hybridized carbons (Fsp3) is 0.700. The van der Waals surface area contributed by atoms with E-state index in [1.54, 1.807) is 0 Å². The summed E-state index contributed by atoms with van der Waals surface area (Å²) in [5.41, 5.74) is 8.04. The first-order valence-electron chi connectivity index (χ1n) is 4.87. The Bertz CT molecular complexity index is 276. The summed E-state index contributed by atoms with van der Waals surface area (Å²) in [5, 5.41) is 4.44. The van der Waals surface area contributed by atoms with E-state index in [9.17, 15) is 0 Å². The Morgan fingerprint density at radius 1 is 1.54 bits per heavy atom. The van der Waals surface area contributed by atoms with Gasteiger partial charge in [0.05, 0.1) is 11.4 Å². The molecule has 13 heavy (non-hydrogen) atoms. The molecule has 0 bridgehead atoms. The molecule has 3 heteroatoms. The summed E-state index contributed by atoms with van der Waals surface area (Å²) in [7, 11) is 0. The zero-order chi connectivity index (χ0) is 10.0. The number of aryl methyl sites for hydroxylation is 1. The van der Waals surface area contributed by atoms with Crippen LogP contribution >= 0.6 is 0 Å². The molecule has 1 aromatic rings. The highest BCUT2D eigenvalue weighted by Gasteiger charge is 2.12. The zero-order valence-electron chi connectivity index (χ0n) is 8.91. The minimum atomic E-state index is 0.0650. The van der Waals surface area contributed by atoms with E-state index in [0.29, 0.717) is 6.04 Å². The predicted octanol–water partition coefficient (Wildman–Crippen LogP) is 2.18. The van der Waals surface area contributed by atoms with Crippen LogP contribution in [0.3, 0.4) is 0 Å². The molecule has 0 saturated heterocycles. The van der Waals surface area contributed by atoms with Gasteiger partial charge in [0.25, 0.3) is 0 Å². The molecule has 0 aliphatic carbocycles. The van der Waals surface area contributed by atoms with Gasteiger partial charge in [-0.05, 0) is 33.3 Å². The third-order valence-electron chi connectivity index (χ3n) is 2.36. The van der Waals surface area contributed by atoms with Gasteiger partial charge in [-0.3, -0.25) is 4.68 Å². The first-order valence-corrected chi connectivity index (χ1v) is 4.87. The molecule has 3 nitrogen and oxygen atoms in total. The number of hydrogen-bond donors (Lipinski definition) is 1. The summed E-state index contributed by atoms with van der Waals surface area (Å²) in [6, 6.07) is 2.57. The van der Waals surface area contributed by atoms with Crippen LogP contribution in [0.15, 0.2) is 6.07 Å². The molecule has 74 valence electrons. The van der Waals surface area contributed by atoms with Crippen molar-refractivity contribution in [2.75, 3.05) is 0 Å². The van der Waals surface area contributed by atoms with Gasteiger partial charge in [0, 0.05) is 12.1 Å². The van der Waals surface area contributed by atoms with E-state index < -0.39 is 0 Å². The number of nitrogens with zero attached hydrogens (tertiary/aromatic N) is 2. The van der Waals surface area contributed by atoms with Crippen molar-refractivity contribution < 1.29 is 0 Å². The summed E-state index contributed by atoms with van der Waals surface area (Å²) < 4.78 is 2.04. The van der Waals surface area contributed by atoms with Crippen LogP contribution in [0.4, 0.5) is 0 Å². The fourth-order valence-corrected chi connectivity index (χ4v) is 1.40. The first kappa shape index (κ1) is 10.3. The lowest BCUT2D eigenvalue weighted by Gasteiger charge is -2.15. The van der Waals surface area contributed by atoms with E-state index in [4.69, 9.17) is 5.73 Å². The number of hydrogen-bond acceptors (Lipinski definition) is 2. The SMILES string of the molecule is CCC(C)n1nc(C)cc1[C@@H](C)N. The summed E-state index contributed by atoms with van der Waals surface area (Å²) in [6.07, 6.45) is 1.08. The van der Waals surface area contributed by atoms with E-state index in [2.05, 4.69) is 25.0 Å². The maximum Gasteiger partial charge on any atom is 0.0597 e. The summed E-state index contributed by atoms with van der Waals surface area (Å²) in [6.45, 7) is 8.32. The van der Waals surface area contributed by atoms with Crippen LogP contribution < -0.4 is 5.73 Å². The number of nitrogens with two attached hydrogens (primary N) is 1. The lowest BCUT2D eigenvalue weighted by molar-refractivity contribution is 0.448. The van der Waals surface area contributed by atoms with Crippen molar-refractivity contribution in [2.45, 2.75) is 46.2 Å². The van der Waals surface area contributed by atoms with E-state index in [0.717, 1.165) is 17.8 Å². The maximum atomic E-state index is 5.86. The lowest BCUT2D eigenvalue weighted by Crippen LogP contribution is -2.16. The highest BCUT2D eigenvalue weighted by Crippen LogP contribution is 2.18. The smallest absolute Gasteiger partial charge is 0.0597 e. The molecule has 1 aromatic heterocycles. The fourth-order valence-electron chi connectivity index (χ4n) is 1.40. The van der Waals surface area contributed by atoms with Crippen molar-refractivity contribution in [1.82, 2.24) is 9.78 Å². The molecule has 0 spiro atoms. The average Bonchev–Trinajstić information content (AvgIpc) is 2.46. The monoisotopic (exact) mass is 181 g/mol. The van der Waals surface area contributed by atoms with Crippen LogP contribution in [0.1, 0.15) is 50.7 Å². The standard InChI is InChI=1S/C10H19N3/c1-5-8(3)13-10(9(4)11)6-7(2)12-13/h6,8-9H,5,11H2,1-4H3/t8?,9-/m1/s1. The quantitative estimate of drug-likeness (QED) is 0.776. The second-order valence-corrected chi connectivity index (χ2v) is 3.70. The average molecular weight is 181 g/mol. The molecule has 0 aliphatic heterocycles. The van der Waals surface area contributed by atoms with Gasteiger partial charge in [-0.25, -0.2) is 0 Å². The highest BCUT2D eigenvalue weighted by atomic mass is 15.3. The van der Waals surface area contributed by atoms with Gasteiger partial charge in [0.1, 0.15) is 0 Å². The van der Waals surface area contributed by atoms with E-state index in [1.165, 1.54) is 0 Å². The maximum absolute atomic E-state index is 5.86. The van der Waals surface area contributed by atoms with Gasteiger partial charge in [0.15, 0.2) is 0 Å². The van der Waals surface area contributed by atoms with Crippen molar-refractivity contribution in [3.8, 4) is 0 Å². The van der Waals surface area contributed by atoms with Gasteiger partial charge in [0.2, 0.25) is 0 Å². The van der Waals surface area contributed by atoms with Crippen molar-refractivity contribution in [3.05, 3.63) is 17.5 Å². The molecule has 0 aromatic carbocycles. The van der Waals surface area contributed by atoms with E-state index in [-0.39, 0.29) is 6.04 Å². The molecule has 0 amide bonds. The Hall–Kier alpha value is -0.830. The molecule has 1 heterocycles. The number of aromatic nitrogens is 2. The molecule has 2 atom stereocenters. The highest BCUT2D eigenvalue weighted by molar-refractivity contribution is 5.12. The molecule has 0 saturated carbocycles. The van der Waals surface area contributed by atoms with Crippen LogP contribution in [0.5, 0.6) is 0 Å². The van der Waals surface area contributed by atoms with Crippen molar-refractivity contribution >= 4 is 0 Å². The molecular weight excluding hydrogens is 162 g/mol. The largest absolute Gasteiger partial charge is 0.323 e. The van der Waals surface area contributed by atoms with Crippen LogP contribution in [0.25, 0.3) is 0 Å². The summed E-state index contributed by atoms with van der Waals surface area (Å²) >= 11 is 0. The Labute approximate surface area is 79.9 Å². The van der Waals surface area contributed by atoms with Crippen LogP contribution in [-0.2, 0) is 0 Å². The third-order valence-corrected chi connectivity index (χ3v) is 2.36. The van der Waals surface area contributed by atoms with E-state index >= 15 is 0 Å². The Kier molecular flexibility index (Phi) is 3.09. The van der Waals surface area contributed by atoms with Crippen LogP contribution in [0, 0.1) is 6.92 Å². The van der Waals surface area contributed by atoms with Gasteiger partial charge < -0.3 is 5.73 Å². The topological polar surface area (TPSA) is 43.8 Å². The molecule has 0 aliphatic rings. The normalized spacial score (nSPS) is 15.8. The zero-order valence-corrected chi connectivity index (χ0v) is 8.91. The summed E-state index contributed by atoms with van der Waals surface area (Å²) in [5.74, 6) is 0. The van der Waals surface area contributed by atoms with Crippen LogP contribution in [0.2, 0.25) is 0 Å². The second-order valence-electron chi connectivity index (χ2n) is 3.70. The Morgan fingerprint density at radius 3 is 2.62 bits per heavy atom. The van der Waals surface area contributed by atoms with Crippen LogP contribution in [-0.4, -0.2) is 9.78 Å². The first-order chi connectivity index (χ1) is 6.06. The molecule has 0 radical (unpaired) electrons. The molecule has 0 fully saturated rings. The van der Waals surface area contributed by atoms with Gasteiger partial charge in [-0.1, -0.05) is 6.92 Å². The predicted molar refractivity (Wildman–Crippen MR) is 54.6 cm³/mol. The van der Waals surface area contributed by atoms with Gasteiger partial charge in [-0.2, -0.15) is 5.10 Å². The molecule has 2 N–H and O–H groups in total. The van der Waals surface area contributed by atoms with Crippen molar-refractivity contribution in [2.24, 2.45) is 5.73 Å². The summed E-state index contributed by atoms with van der Waals surface area (Å²) in [4.78, 5) is 0. The Morgan fingerprint density at radius 2 is 2.15 bits per heavy atom. The minimum Gasteiger partial charge on any atom is -0.323 e. The number of rotatable bonds is 3. The van der Waals surface area contributed by atoms with Gasteiger partial charge in [-0.15, -0.1) is 0 Å². The van der Waals surface area contributed by atoms with Crippen molar-refractivity contribution in [1.29, 1.82) is 0 Å².